The van der Waals surface area contributed by atoms with Crippen LogP contribution in [0.4, 0.5) is 0 Å². The second kappa shape index (κ2) is 6.83. The van der Waals surface area contributed by atoms with Crippen molar-refractivity contribution in [2.75, 3.05) is 14.2 Å². The summed E-state index contributed by atoms with van der Waals surface area (Å²) in [5.41, 5.74) is 2.19. The van der Waals surface area contributed by atoms with Gasteiger partial charge in [0.05, 0.1) is 31.7 Å². The molecule has 2 atom stereocenters. The van der Waals surface area contributed by atoms with Crippen LogP contribution in [0.15, 0.2) is 22.8 Å². The van der Waals surface area contributed by atoms with Crippen molar-refractivity contribution in [3.8, 4) is 0 Å². The summed E-state index contributed by atoms with van der Waals surface area (Å²) >= 11 is 0. The molecule has 0 aliphatic carbocycles. The predicted molar refractivity (Wildman–Crippen MR) is 84.7 cm³/mol. The van der Waals surface area contributed by atoms with Gasteiger partial charge in [-0.2, -0.15) is 0 Å². The number of aryl methyl sites for hydroxylation is 1. The Morgan fingerprint density at radius 2 is 2.09 bits per heavy atom. The predicted octanol–water partition coefficient (Wildman–Crippen LogP) is 1.30. The second-order valence-electron chi connectivity index (χ2n) is 5.81. The first-order valence-electron chi connectivity index (χ1n) is 7.53. The number of carbonyl (C=O) groups excluding carboxylic acids is 2. The molecule has 124 valence electrons. The standard InChI is InChI=1S/C17H22N2O4/c1-10-14(17(21)22-5)11(2)18-15(10)16(20)12(3)19(4)9-13-7-6-8-23-13/h6-8,12,18H,9H2,1-5H3/p+1/t12-/m0/s1. The van der Waals surface area contributed by atoms with Gasteiger partial charge in [-0.15, -0.1) is 0 Å². The number of H-pyrrole nitrogens is 1. The number of aromatic nitrogens is 1. The van der Waals surface area contributed by atoms with E-state index in [1.165, 1.54) is 7.11 Å². The molecule has 6 nitrogen and oxygen atoms in total. The second-order valence-corrected chi connectivity index (χ2v) is 5.81. The van der Waals surface area contributed by atoms with Crippen molar-refractivity contribution in [2.45, 2.75) is 33.4 Å². The largest absolute Gasteiger partial charge is 0.465 e. The number of methoxy groups -OCH3 is 1. The molecule has 6 heteroatoms. The number of rotatable bonds is 6. The molecular weight excluding hydrogens is 296 g/mol. The third kappa shape index (κ3) is 3.37. The number of hydrogen-bond donors (Lipinski definition) is 2. The number of hydrogen-bond acceptors (Lipinski definition) is 4. The van der Waals surface area contributed by atoms with Crippen LogP contribution in [0.3, 0.4) is 0 Å². The lowest BCUT2D eigenvalue weighted by atomic mass is 10.0. The molecule has 0 aliphatic rings. The SMILES string of the molecule is COC(=O)c1c(C)[nH]c(C(=O)[C@H](C)[NH+](C)Cc2ccco2)c1C. The Morgan fingerprint density at radius 3 is 2.65 bits per heavy atom. The fourth-order valence-electron chi connectivity index (χ4n) is 2.69. The fraction of sp³-hybridized carbons (Fsp3) is 0.412. The van der Waals surface area contributed by atoms with Gasteiger partial charge in [0.1, 0.15) is 6.54 Å². The van der Waals surface area contributed by atoms with E-state index in [1.54, 1.807) is 20.1 Å². The van der Waals surface area contributed by atoms with Crippen LogP contribution in [0.5, 0.6) is 0 Å². The van der Waals surface area contributed by atoms with Gasteiger partial charge in [-0.05, 0) is 38.5 Å². The van der Waals surface area contributed by atoms with Crippen LogP contribution < -0.4 is 4.90 Å². The lowest BCUT2D eigenvalue weighted by molar-refractivity contribution is -0.908. The lowest BCUT2D eigenvalue weighted by Gasteiger charge is -2.19. The van der Waals surface area contributed by atoms with Crippen molar-refractivity contribution < 1.29 is 23.6 Å². The molecule has 0 aromatic carbocycles. The molecular formula is C17H23N2O4+. The summed E-state index contributed by atoms with van der Waals surface area (Å²) in [5, 5.41) is 0. The van der Waals surface area contributed by atoms with Gasteiger partial charge in [-0.1, -0.05) is 0 Å². The van der Waals surface area contributed by atoms with Crippen LogP contribution in [0.2, 0.25) is 0 Å². The van der Waals surface area contributed by atoms with Crippen LogP contribution >= 0.6 is 0 Å². The molecule has 0 bridgehead atoms. The smallest absolute Gasteiger partial charge is 0.339 e. The maximum Gasteiger partial charge on any atom is 0.339 e. The molecule has 1 unspecified atom stereocenters. The monoisotopic (exact) mass is 319 g/mol. The highest BCUT2D eigenvalue weighted by molar-refractivity contribution is 6.03. The van der Waals surface area contributed by atoms with Crippen LogP contribution in [-0.4, -0.2) is 36.9 Å². The number of ketones is 1. The van der Waals surface area contributed by atoms with E-state index in [0.717, 1.165) is 10.7 Å². The number of likely N-dealkylation sites (N-methyl/N-ethyl adjacent to an activating group) is 1. The van der Waals surface area contributed by atoms with Gasteiger partial charge >= 0.3 is 5.97 Å². The van der Waals surface area contributed by atoms with Crippen molar-refractivity contribution in [1.29, 1.82) is 0 Å². The van der Waals surface area contributed by atoms with Gasteiger partial charge in [-0.25, -0.2) is 4.79 Å². The molecule has 2 heterocycles. The molecule has 0 saturated carbocycles. The zero-order chi connectivity index (χ0) is 17.1. The Balaban J connectivity index is 2.21. The van der Waals surface area contributed by atoms with E-state index in [9.17, 15) is 9.59 Å². The topological polar surface area (TPSA) is 76.7 Å². The molecule has 2 N–H and O–H groups in total. The van der Waals surface area contributed by atoms with E-state index in [1.807, 2.05) is 26.1 Å². The molecule has 2 aromatic rings. The summed E-state index contributed by atoms with van der Waals surface area (Å²) in [6, 6.07) is 3.44. The Kier molecular flexibility index (Phi) is 5.05. The maximum atomic E-state index is 12.8. The average Bonchev–Trinajstić information content (AvgIpc) is 3.13. The van der Waals surface area contributed by atoms with Gasteiger partial charge in [0, 0.05) is 5.69 Å². The zero-order valence-corrected chi connectivity index (χ0v) is 14.1. The molecule has 0 amide bonds. The number of Topliss-reactive ketones (excluding diaryl/α,β-unsaturated/α-hetero) is 1. The number of quaternary nitrogens is 1. The molecule has 0 fully saturated rings. The van der Waals surface area contributed by atoms with Gasteiger partial charge in [0.2, 0.25) is 5.78 Å². The molecule has 2 rings (SSSR count). The molecule has 2 aromatic heterocycles. The maximum absolute atomic E-state index is 12.8. The first-order chi connectivity index (χ1) is 10.9. The van der Waals surface area contributed by atoms with Crippen molar-refractivity contribution in [3.05, 3.63) is 46.7 Å². The quantitative estimate of drug-likeness (QED) is 0.621. The number of aromatic amines is 1. The Bertz CT molecular complexity index is 701. The number of furan rings is 1. The molecule has 0 spiro atoms. The molecule has 0 radical (unpaired) electrons. The fourth-order valence-corrected chi connectivity index (χ4v) is 2.69. The van der Waals surface area contributed by atoms with E-state index in [2.05, 4.69) is 4.98 Å². The first kappa shape index (κ1) is 17.0. The summed E-state index contributed by atoms with van der Waals surface area (Å²) in [6.45, 7) is 6.01. The summed E-state index contributed by atoms with van der Waals surface area (Å²) in [5.74, 6) is 0.362. The number of esters is 1. The van der Waals surface area contributed by atoms with Gasteiger partial charge in [0.15, 0.2) is 11.8 Å². The van der Waals surface area contributed by atoms with Gasteiger partial charge in [0.25, 0.3) is 0 Å². The number of nitrogens with one attached hydrogen (secondary N) is 2. The van der Waals surface area contributed by atoms with Crippen LogP contribution in [0, 0.1) is 13.8 Å². The normalized spacial score (nSPS) is 13.6. The van der Waals surface area contributed by atoms with E-state index >= 15 is 0 Å². The van der Waals surface area contributed by atoms with Gasteiger partial charge in [-0.3, -0.25) is 4.79 Å². The van der Waals surface area contributed by atoms with Crippen molar-refractivity contribution in [3.63, 3.8) is 0 Å². The van der Waals surface area contributed by atoms with Crippen LogP contribution in [0.25, 0.3) is 0 Å². The lowest BCUT2D eigenvalue weighted by Crippen LogP contribution is -3.12. The highest BCUT2D eigenvalue weighted by Crippen LogP contribution is 2.19. The Hall–Kier alpha value is -2.34. The minimum absolute atomic E-state index is 0.0372. The summed E-state index contributed by atoms with van der Waals surface area (Å²) in [4.78, 5) is 28.7. The number of ether oxygens (including phenoxy) is 1. The van der Waals surface area contributed by atoms with Crippen molar-refractivity contribution >= 4 is 11.8 Å². The molecule has 23 heavy (non-hydrogen) atoms. The summed E-state index contributed by atoms with van der Waals surface area (Å²) < 4.78 is 10.1. The van der Waals surface area contributed by atoms with Crippen LogP contribution in [0.1, 0.15) is 44.8 Å². The minimum atomic E-state index is -0.431. The Morgan fingerprint density at radius 1 is 1.39 bits per heavy atom. The summed E-state index contributed by atoms with van der Waals surface area (Å²) in [7, 11) is 3.27. The molecule has 0 saturated heterocycles. The van der Waals surface area contributed by atoms with Crippen molar-refractivity contribution in [2.24, 2.45) is 0 Å². The zero-order valence-electron chi connectivity index (χ0n) is 14.1. The third-order valence-corrected chi connectivity index (χ3v) is 4.24. The third-order valence-electron chi connectivity index (χ3n) is 4.24. The highest BCUT2D eigenvalue weighted by atomic mass is 16.5. The van der Waals surface area contributed by atoms with E-state index in [0.29, 0.717) is 29.1 Å². The Labute approximate surface area is 135 Å². The van der Waals surface area contributed by atoms with Crippen LogP contribution in [-0.2, 0) is 11.3 Å². The van der Waals surface area contributed by atoms with Gasteiger partial charge < -0.3 is 19.0 Å². The van der Waals surface area contributed by atoms with Crippen molar-refractivity contribution in [1.82, 2.24) is 4.98 Å². The average molecular weight is 319 g/mol. The minimum Gasteiger partial charge on any atom is -0.465 e. The highest BCUT2D eigenvalue weighted by Gasteiger charge is 2.29. The number of carbonyl (C=O) groups is 2. The molecule has 0 aliphatic heterocycles. The first-order valence-corrected chi connectivity index (χ1v) is 7.53. The van der Waals surface area contributed by atoms with E-state index < -0.39 is 5.97 Å². The van der Waals surface area contributed by atoms with E-state index in [-0.39, 0.29) is 11.8 Å². The van der Waals surface area contributed by atoms with E-state index in [4.69, 9.17) is 9.15 Å². The summed E-state index contributed by atoms with van der Waals surface area (Å²) in [6.07, 6.45) is 1.62.